The van der Waals surface area contributed by atoms with Crippen LogP contribution in [0, 0.1) is 25.2 Å². The molecule has 0 radical (unpaired) electrons. The van der Waals surface area contributed by atoms with Gasteiger partial charge >= 0.3 is 0 Å². The minimum Gasteiger partial charge on any atom is -0.200 e. The zero-order chi connectivity index (χ0) is 26.2. The van der Waals surface area contributed by atoms with E-state index in [1.165, 1.54) is 75.6 Å². The van der Waals surface area contributed by atoms with Crippen molar-refractivity contribution in [1.29, 1.82) is 0 Å². The van der Waals surface area contributed by atoms with Gasteiger partial charge in [-0.2, -0.15) is 0 Å². The van der Waals surface area contributed by atoms with Gasteiger partial charge in [-0.3, -0.25) is 0 Å². The molecule has 1 aromatic heterocycles. The molecule has 0 saturated heterocycles. The lowest BCUT2D eigenvalue weighted by atomic mass is 9.82. The van der Waals surface area contributed by atoms with Crippen molar-refractivity contribution < 1.29 is 4.57 Å². The lowest BCUT2D eigenvalue weighted by molar-refractivity contribution is -0.659. The summed E-state index contributed by atoms with van der Waals surface area (Å²) >= 11 is 2.01. The third kappa shape index (κ3) is 3.96. The maximum Gasteiger partial charge on any atom is 0.222 e. The summed E-state index contributed by atoms with van der Waals surface area (Å²) in [6.07, 6.45) is 4.45. The first-order valence-corrected chi connectivity index (χ1v) is 14.5. The summed E-state index contributed by atoms with van der Waals surface area (Å²) in [7, 11) is 2.23. The molecule has 1 nitrogen and oxygen atoms in total. The van der Waals surface area contributed by atoms with Crippen molar-refractivity contribution in [2.75, 3.05) is 0 Å². The van der Waals surface area contributed by atoms with Gasteiger partial charge in [0, 0.05) is 21.2 Å². The van der Waals surface area contributed by atoms with Gasteiger partial charge in [-0.05, 0) is 82.3 Å². The summed E-state index contributed by atoms with van der Waals surface area (Å²) in [4.78, 5) is 2.85. The van der Waals surface area contributed by atoms with E-state index in [1.807, 2.05) is 11.8 Å². The fourth-order valence-corrected chi connectivity index (χ4v) is 7.77. The van der Waals surface area contributed by atoms with Crippen LogP contribution in [0.4, 0.5) is 0 Å². The largest absolute Gasteiger partial charge is 0.222 e. The van der Waals surface area contributed by atoms with Gasteiger partial charge < -0.3 is 0 Å². The number of aryl methyl sites for hydroxylation is 3. The van der Waals surface area contributed by atoms with Gasteiger partial charge in [-0.25, -0.2) is 4.57 Å². The Morgan fingerprint density at radius 2 is 1.68 bits per heavy atom. The molecule has 0 fully saturated rings. The second-order valence-corrected chi connectivity index (χ2v) is 13.8. The number of nitrogens with zero attached hydrogens (tertiary/aromatic N) is 1. The predicted octanol–water partition coefficient (Wildman–Crippen LogP) is 9.51. The van der Waals surface area contributed by atoms with Crippen LogP contribution in [0.5, 0.6) is 0 Å². The Kier molecular flexibility index (Phi) is 5.69. The third-order valence-corrected chi connectivity index (χ3v) is 9.07. The van der Waals surface area contributed by atoms with E-state index in [1.54, 1.807) is 0 Å². The molecule has 188 valence electrons. The van der Waals surface area contributed by atoms with Crippen LogP contribution in [0.3, 0.4) is 0 Å². The predicted molar refractivity (Wildman–Crippen MR) is 161 cm³/mol. The molecule has 1 aliphatic heterocycles. The number of fused-ring (bicyclic) bond motifs is 5. The van der Waals surface area contributed by atoms with E-state index in [0.717, 1.165) is 12.8 Å². The first-order valence-electron chi connectivity index (χ1n) is 13.6. The van der Waals surface area contributed by atoms with Crippen LogP contribution < -0.4 is 4.57 Å². The molecule has 6 rings (SSSR count). The summed E-state index contributed by atoms with van der Waals surface area (Å²) in [5, 5.41) is 8.44. The van der Waals surface area contributed by atoms with Crippen LogP contribution in [-0.4, -0.2) is 0 Å². The van der Waals surface area contributed by atoms with Gasteiger partial charge in [0.1, 0.15) is 7.05 Å². The standard InChI is InChI=1S/C35H38NS/c1-20(2)16-23-10-9-11-24-18-29-32-26(31(23)24)14-15-36(8)33(32)30-22(4)27-17-21(3)12-13-25(27)28(34(30)37-29)19-35(5,6)7/h9-15,17-18,20H,16,19H2,1-8H3/q+1. The Morgan fingerprint density at radius 3 is 2.41 bits per heavy atom. The summed E-state index contributed by atoms with van der Waals surface area (Å²) < 4.78 is 2.37. The fraction of sp³-hybridized carbons (Fsp3) is 0.343. The summed E-state index contributed by atoms with van der Waals surface area (Å²) in [5.74, 6) is 0.624. The van der Waals surface area contributed by atoms with Gasteiger partial charge in [-0.1, -0.05) is 88.3 Å². The molecule has 0 spiro atoms. The van der Waals surface area contributed by atoms with Crippen molar-refractivity contribution in [1.82, 2.24) is 0 Å². The van der Waals surface area contributed by atoms with Crippen molar-refractivity contribution in [3.05, 3.63) is 77.0 Å². The molecule has 0 N–H and O–H groups in total. The Labute approximate surface area is 225 Å². The van der Waals surface area contributed by atoms with E-state index in [0.29, 0.717) is 5.92 Å². The Balaban J connectivity index is 1.79. The molecule has 4 aromatic carbocycles. The highest BCUT2D eigenvalue weighted by atomic mass is 32.2. The fourth-order valence-electron chi connectivity index (χ4n) is 6.40. The van der Waals surface area contributed by atoms with Gasteiger partial charge in [0.15, 0.2) is 6.20 Å². The zero-order valence-electron chi connectivity index (χ0n) is 23.5. The SMILES string of the molecule is Cc1ccc2c(CC(C)(C)C)c3c(c(C)c2c1)-c1c2c(cc4cccc(CC(C)C)c4c2cc[n+]1C)S3. The molecule has 0 bridgehead atoms. The summed E-state index contributed by atoms with van der Waals surface area (Å²) in [6, 6.07) is 18.8. The lowest BCUT2D eigenvalue weighted by Gasteiger charge is -2.28. The van der Waals surface area contributed by atoms with Crippen LogP contribution in [0.15, 0.2) is 64.5 Å². The van der Waals surface area contributed by atoms with Crippen molar-refractivity contribution >= 4 is 44.1 Å². The minimum absolute atomic E-state index is 0.199. The molecule has 5 aromatic rings. The number of benzene rings is 4. The van der Waals surface area contributed by atoms with E-state index < -0.39 is 0 Å². The number of hydrogen-bond donors (Lipinski definition) is 0. The molecule has 0 saturated carbocycles. The first-order chi connectivity index (χ1) is 17.5. The van der Waals surface area contributed by atoms with Gasteiger partial charge in [0.05, 0.1) is 10.9 Å². The van der Waals surface area contributed by atoms with E-state index in [4.69, 9.17) is 0 Å². The second kappa shape index (κ2) is 8.60. The molecular formula is C35H38NS+. The monoisotopic (exact) mass is 504 g/mol. The van der Waals surface area contributed by atoms with Crippen LogP contribution >= 0.6 is 11.8 Å². The van der Waals surface area contributed by atoms with Crippen LogP contribution in [-0.2, 0) is 19.9 Å². The van der Waals surface area contributed by atoms with Crippen LogP contribution in [0.2, 0.25) is 0 Å². The quantitative estimate of drug-likeness (QED) is 0.171. The zero-order valence-corrected chi connectivity index (χ0v) is 24.4. The Hall–Kier alpha value is -2.84. The van der Waals surface area contributed by atoms with Crippen LogP contribution in [0.25, 0.3) is 43.6 Å². The molecule has 2 heterocycles. The molecule has 0 atom stereocenters. The van der Waals surface area contributed by atoms with E-state index in [-0.39, 0.29) is 5.41 Å². The smallest absolute Gasteiger partial charge is 0.200 e. The normalized spacial score (nSPS) is 13.2. The molecule has 2 heteroatoms. The molecular weight excluding hydrogens is 466 g/mol. The number of hydrogen-bond acceptors (Lipinski definition) is 1. The third-order valence-electron chi connectivity index (χ3n) is 7.87. The van der Waals surface area contributed by atoms with Crippen LogP contribution in [0.1, 0.15) is 56.9 Å². The Bertz CT molecular complexity index is 1730. The highest BCUT2D eigenvalue weighted by molar-refractivity contribution is 8.00. The minimum atomic E-state index is 0.199. The van der Waals surface area contributed by atoms with Gasteiger partial charge in [0.25, 0.3) is 0 Å². The maximum absolute atomic E-state index is 2.47. The second-order valence-electron chi connectivity index (χ2n) is 12.7. The first kappa shape index (κ1) is 24.5. The van der Waals surface area contributed by atoms with Gasteiger partial charge in [-0.15, -0.1) is 0 Å². The lowest BCUT2D eigenvalue weighted by Crippen LogP contribution is -2.32. The average Bonchev–Trinajstić information content (AvgIpc) is 2.82. The number of rotatable bonds is 3. The van der Waals surface area contributed by atoms with Crippen molar-refractivity contribution in [2.24, 2.45) is 18.4 Å². The number of pyridine rings is 1. The van der Waals surface area contributed by atoms with E-state index >= 15 is 0 Å². The summed E-state index contributed by atoms with van der Waals surface area (Å²) in [6.45, 7) is 16.3. The topological polar surface area (TPSA) is 3.88 Å². The molecule has 0 amide bonds. The molecule has 0 unspecified atom stereocenters. The number of aromatic nitrogens is 1. The highest BCUT2D eigenvalue weighted by Gasteiger charge is 2.33. The highest BCUT2D eigenvalue weighted by Crippen LogP contribution is 2.53. The Morgan fingerprint density at radius 1 is 0.892 bits per heavy atom. The van der Waals surface area contributed by atoms with Crippen molar-refractivity contribution in [2.45, 2.75) is 71.1 Å². The van der Waals surface area contributed by atoms with Crippen molar-refractivity contribution in [3.63, 3.8) is 0 Å². The van der Waals surface area contributed by atoms with Crippen molar-refractivity contribution in [3.8, 4) is 11.3 Å². The maximum atomic E-state index is 2.47. The summed E-state index contributed by atoms with van der Waals surface area (Å²) in [5.41, 5.74) is 8.71. The molecule has 37 heavy (non-hydrogen) atoms. The molecule has 0 aliphatic carbocycles. The van der Waals surface area contributed by atoms with E-state index in [9.17, 15) is 0 Å². The molecule has 1 aliphatic rings. The van der Waals surface area contributed by atoms with E-state index in [2.05, 4.69) is 115 Å². The van der Waals surface area contributed by atoms with Gasteiger partial charge in [0.2, 0.25) is 5.69 Å². The average molecular weight is 505 g/mol.